The third-order valence-electron chi connectivity index (χ3n) is 3.90. The molecule has 0 aliphatic carbocycles. The van der Waals surface area contributed by atoms with Gasteiger partial charge in [-0.25, -0.2) is 0 Å². The van der Waals surface area contributed by atoms with Crippen LogP contribution in [0.25, 0.3) is 5.65 Å². The Kier molecular flexibility index (Phi) is 8.99. The summed E-state index contributed by atoms with van der Waals surface area (Å²) < 4.78 is 7.65. The minimum absolute atomic E-state index is 0. The molecule has 0 amide bonds. The molecule has 0 atom stereocenters. The van der Waals surface area contributed by atoms with E-state index in [9.17, 15) is 0 Å². The zero-order valence-electron chi connectivity index (χ0n) is 15.3. The first-order valence-electron chi connectivity index (χ1n) is 8.71. The van der Waals surface area contributed by atoms with Crippen LogP contribution < -0.4 is 10.6 Å². The van der Waals surface area contributed by atoms with Crippen molar-refractivity contribution in [2.75, 3.05) is 26.7 Å². The molecule has 0 fully saturated rings. The fraction of sp³-hybridized carbons (Fsp3) is 0.316. The minimum Gasteiger partial charge on any atom is -0.375 e. The number of fused-ring (bicyclic) bond motifs is 1. The van der Waals surface area contributed by atoms with Crippen molar-refractivity contribution in [1.82, 2.24) is 25.2 Å². The topological polar surface area (TPSA) is 75.8 Å². The van der Waals surface area contributed by atoms with Crippen LogP contribution in [-0.2, 0) is 17.8 Å². The van der Waals surface area contributed by atoms with Crippen LogP contribution in [0.4, 0.5) is 0 Å². The van der Waals surface area contributed by atoms with Crippen molar-refractivity contribution in [3.05, 3.63) is 66.1 Å². The maximum absolute atomic E-state index is 5.66. The Labute approximate surface area is 176 Å². The van der Waals surface area contributed by atoms with E-state index in [1.54, 1.807) is 7.05 Å². The lowest BCUT2D eigenvalue weighted by Crippen LogP contribution is -2.39. The van der Waals surface area contributed by atoms with Crippen molar-refractivity contribution in [2.24, 2.45) is 4.99 Å². The summed E-state index contributed by atoms with van der Waals surface area (Å²) in [5.74, 6) is 1.68. The van der Waals surface area contributed by atoms with Crippen molar-refractivity contribution in [3.8, 4) is 0 Å². The van der Waals surface area contributed by atoms with Gasteiger partial charge in [-0.15, -0.1) is 34.2 Å². The van der Waals surface area contributed by atoms with Crippen LogP contribution in [0.2, 0.25) is 0 Å². The Morgan fingerprint density at radius 3 is 2.63 bits per heavy atom. The Morgan fingerprint density at radius 2 is 1.81 bits per heavy atom. The number of ether oxygens (including phenoxy) is 1. The van der Waals surface area contributed by atoms with E-state index < -0.39 is 0 Å². The maximum atomic E-state index is 5.66. The van der Waals surface area contributed by atoms with Gasteiger partial charge in [0.1, 0.15) is 5.82 Å². The van der Waals surface area contributed by atoms with Crippen molar-refractivity contribution in [2.45, 2.75) is 13.0 Å². The summed E-state index contributed by atoms with van der Waals surface area (Å²) in [4.78, 5) is 4.22. The summed E-state index contributed by atoms with van der Waals surface area (Å²) in [7, 11) is 1.76. The van der Waals surface area contributed by atoms with Crippen LogP contribution >= 0.6 is 24.0 Å². The number of hydrogen-bond donors (Lipinski definition) is 2. The SMILES string of the molecule is CN=C(NCCOCc1ccccc1)NCCc1nnc2ccccn12.I. The second-order valence-corrected chi connectivity index (χ2v) is 5.76. The van der Waals surface area contributed by atoms with E-state index in [0.717, 1.165) is 30.4 Å². The Balaban J connectivity index is 0.00000261. The number of hydrogen-bond acceptors (Lipinski definition) is 4. The van der Waals surface area contributed by atoms with Gasteiger partial charge in [0.15, 0.2) is 11.6 Å². The maximum Gasteiger partial charge on any atom is 0.191 e. The lowest BCUT2D eigenvalue weighted by molar-refractivity contribution is 0.125. The molecule has 0 aliphatic heterocycles. The molecule has 3 rings (SSSR count). The fourth-order valence-electron chi connectivity index (χ4n) is 2.58. The van der Waals surface area contributed by atoms with Gasteiger partial charge in [-0.1, -0.05) is 36.4 Å². The van der Waals surface area contributed by atoms with Crippen molar-refractivity contribution in [3.63, 3.8) is 0 Å². The van der Waals surface area contributed by atoms with Gasteiger partial charge in [0.2, 0.25) is 0 Å². The van der Waals surface area contributed by atoms with Crippen LogP contribution in [0.1, 0.15) is 11.4 Å². The highest BCUT2D eigenvalue weighted by molar-refractivity contribution is 14.0. The molecular weight excluding hydrogens is 455 g/mol. The Morgan fingerprint density at radius 1 is 1.04 bits per heavy atom. The molecule has 3 aromatic rings. The smallest absolute Gasteiger partial charge is 0.191 e. The van der Waals surface area contributed by atoms with Gasteiger partial charge in [0, 0.05) is 32.8 Å². The third-order valence-corrected chi connectivity index (χ3v) is 3.90. The quantitative estimate of drug-likeness (QED) is 0.224. The molecule has 2 aromatic heterocycles. The summed E-state index contributed by atoms with van der Waals surface area (Å²) in [6, 6.07) is 16.0. The van der Waals surface area contributed by atoms with E-state index in [-0.39, 0.29) is 24.0 Å². The Bertz CT molecular complexity index is 836. The molecule has 0 unspecified atom stereocenters. The first kappa shape index (κ1) is 21.1. The summed E-state index contributed by atoms with van der Waals surface area (Å²) in [6.07, 6.45) is 2.73. The van der Waals surface area contributed by atoms with Gasteiger partial charge < -0.3 is 15.4 Å². The zero-order chi connectivity index (χ0) is 18.0. The molecule has 0 radical (unpaired) electrons. The van der Waals surface area contributed by atoms with Gasteiger partial charge in [-0.3, -0.25) is 9.39 Å². The zero-order valence-corrected chi connectivity index (χ0v) is 17.7. The van der Waals surface area contributed by atoms with E-state index in [0.29, 0.717) is 19.8 Å². The molecule has 2 heterocycles. The van der Waals surface area contributed by atoms with Crippen LogP contribution in [0.5, 0.6) is 0 Å². The molecule has 7 nitrogen and oxygen atoms in total. The first-order chi connectivity index (χ1) is 12.9. The molecule has 0 saturated carbocycles. The molecular formula is C19H25IN6O. The molecule has 0 spiro atoms. The van der Waals surface area contributed by atoms with E-state index in [1.807, 2.05) is 47.0 Å². The van der Waals surface area contributed by atoms with Crippen LogP contribution in [0.15, 0.2) is 59.7 Å². The number of nitrogens with zero attached hydrogens (tertiary/aromatic N) is 4. The Hall–Kier alpha value is -2.20. The summed E-state index contributed by atoms with van der Waals surface area (Å²) >= 11 is 0. The van der Waals surface area contributed by atoms with E-state index in [2.05, 4.69) is 38.0 Å². The molecule has 0 saturated heterocycles. The van der Waals surface area contributed by atoms with Gasteiger partial charge in [0.25, 0.3) is 0 Å². The molecule has 27 heavy (non-hydrogen) atoms. The number of guanidine groups is 1. The summed E-state index contributed by atoms with van der Waals surface area (Å²) in [5, 5.41) is 14.9. The third kappa shape index (κ3) is 6.47. The number of nitrogens with one attached hydrogen (secondary N) is 2. The van der Waals surface area contributed by atoms with Gasteiger partial charge >= 0.3 is 0 Å². The summed E-state index contributed by atoms with van der Waals surface area (Å²) in [5.41, 5.74) is 2.04. The molecule has 2 N–H and O–H groups in total. The highest BCUT2D eigenvalue weighted by Crippen LogP contribution is 2.03. The number of pyridine rings is 1. The average Bonchev–Trinajstić information content (AvgIpc) is 3.10. The van der Waals surface area contributed by atoms with Crippen LogP contribution in [-0.4, -0.2) is 47.3 Å². The van der Waals surface area contributed by atoms with Crippen LogP contribution in [0.3, 0.4) is 0 Å². The predicted molar refractivity (Wildman–Crippen MR) is 118 cm³/mol. The average molecular weight is 480 g/mol. The van der Waals surface area contributed by atoms with Gasteiger partial charge in [-0.05, 0) is 17.7 Å². The molecule has 144 valence electrons. The molecule has 0 aliphatic rings. The first-order valence-corrected chi connectivity index (χ1v) is 8.71. The minimum atomic E-state index is 0. The van der Waals surface area contributed by atoms with Gasteiger partial charge in [0.05, 0.1) is 13.2 Å². The van der Waals surface area contributed by atoms with Gasteiger partial charge in [-0.2, -0.15) is 0 Å². The van der Waals surface area contributed by atoms with Crippen molar-refractivity contribution >= 4 is 35.6 Å². The molecule has 0 bridgehead atoms. The van der Waals surface area contributed by atoms with Crippen molar-refractivity contribution < 1.29 is 4.74 Å². The normalized spacial score (nSPS) is 11.2. The number of aromatic nitrogens is 3. The fourth-order valence-corrected chi connectivity index (χ4v) is 2.58. The van der Waals surface area contributed by atoms with E-state index >= 15 is 0 Å². The lowest BCUT2D eigenvalue weighted by Gasteiger charge is -2.11. The molecule has 8 heteroatoms. The molecule has 1 aromatic carbocycles. The highest BCUT2D eigenvalue weighted by Gasteiger charge is 2.04. The standard InChI is InChI=1S/C19H24N6O.HI/c1-20-19(22-12-14-26-15-16-7-3-2-4-8-16)21-11-10-18-24-23-17-9-5-6-13-25(17)18;/h2-9,13H,10-12,14-15H2,1H3,(H2,20,21,22);1H. The second-order valence-electron chi connectivity index (χ2n) is 5.76. The highest BCUT2D eigenvalue weighted by atomic mass is 127. The van der Waals surface area contributed by atoms with E-state index in [1.165, 1.54) is 5.56 Å². The lowest BCUT2D eigenvalue weighted by atomic mass is 10.2. The summed E-state index contributed by atoms with van der Waals surface area (Å²) in [6.45, 7) is 2.65. The number of rotatable bonds is 8. The predicted octanol–water partition coefficient (Wildman–Crippen LogP) is 2.27. The second kappa shape index (κ2) is 11.5. The van der Waals surface area contributed by atoms with Crippen molar-refractivity contribution in [1.29, 1.82) is 0 Å². The number of aliphatic imine (C=N–C) groups is 1. The largest absolute Gasteiger partial charge is 0.375 e. The van der Waals surface area contributed by atoms with Crippen LogP contribution in [0, 0.1) is 0 Å². The van der Waals surface area contributed by atoms with E-state index in [4.69, 9.17) is 4.74 Å². The number of halogens is 1. The monoisotopic (exact) mass is 480 g/mol. The number of benzene rings is 1.